The van der Waals surface area contributed by atoms with Crippen LogP contribution >= 0.6 is 0 Å². The monoisotopic (exact) mass is 324 g/mol. The Labute approximate surface area is 136 Å². The van der Waals surface area contributed by atoms with Gasteiger partial charge in [0.25, 0.3) is 0 Å². The summed E-state index contributed by atoms with van der Waals surface area (Å²) in [6.07, 6.45) is -0.0707. The van der Waals surface area contributed by atoms with E-state index in [4.69, 9.17) is 19.3 Å². The van der Waals surface area contributed by atoms with Crippen LogP contribution in [0.4, 0.5) is 0 Å². The van der Waals surface area contributed by atoms with E-state index in [9.17, 15) is 9.90 Å². The zero-order valence-corrected chi connectivity index (χ0v) is 13.7. The maximum Gasteiger partial charge on any atom is 0.333 e. The van der Waals surface area contributed by atoms with Crippen molar-refractivity contribution >= 4 is 5.97 Å². The van der Waals surface area contributed by atoms with E-state index in [-0.39, 0.29) is 13.2 Å². The van der Waals surface area contributed by atoms with Crippen LogP contribution < -0.4 is 4.74 Å². The normalized spacial score (nSPS) is 14.2. The molecule has 0 radical (unpaired) electrons. The minimum absolute atomic E-state index is 0.0615. The van der Waals surface area contributed by atoms with Gasteiger partial charge in [0.15, 0.2) is 0 Å². The standard InChI is InChI=1S/C17H24O6/c1-4-22-17(20)12(2)11-15(21-3)16(19)13-5-7-14(8-6-13)23-10-9-18/h5-8,11,15-16,18-19H,4,9-10H2,1-3H3/b12-11+/t15-,16-/m0/s1. The first-order chi connectivity index (χ1) is 11.0. The minimum atomic E-state index is -0.934. The number of carbonyl (C=O) groups excluding carboxylic acids is 1. The number of carbonyl (C=O) groups is 1. The average molecular weight is 324 g/mol. The molecule has 1 aromatic rings. The van der Waals surface area contributed by atoms with Crippen LogP contribution in [0.1, 0.15) is 25.5 Å². The van der Waals surface area contributed by atoms with E-state index in [0.717, 1.165) is 0 Å². The fourth-order valence-corrected chi connectivity index (χ4v) is 1.96. The molecular weight excluding hydrogens is 300 g/mol. The van der Waals surface area contributed by atoms with Crippen molar-refractivity contribution in [3.05, 3.63) is 41.5 Å². The number of ether oxygens (including phenoxy) is 3. The first-order valence-corrected chi connectivity index (χ1v) is 7.43. The third-order valence-corrected chi connectivity index (χ3v) is 3.18. The molecule has 0 bridgehead atoms. The molecule has 0 unspecified atom stereocenters. The molecule has 2 atom stereocenters. The second-order valence-corrected chi connectivity index (χ2v) is 4.86. The second kappa shape index (κ2) is 9.99. The van der Waals surface area contributed by atoms with Crippen molar-refractivity contribution < 1.29 is 29.2 Å². The molecule has 1 rings (SSSR count). The number of hydrogen-bond acceptors (Lipinski definition) is 6. The Morgan fingerprint density at radius 3 is 2.48 bits per heavy atom. The van der Waals surface area contributed by atoms with Gasteiger partial charge in [0.05, 0.1) is 13.2 Å². The number of aliphatic hydroxyl groups excluding tert-OH is 2. The molecule has 0 saturated carbocycles. The maximum absolute atomic E-state index is 11.6. The lowest BCUT2D eigenvalue weighted by molar-refractivity contribution is -0.138. The number of esters is 1. The minimum Gasteiger partial charge on any atom is -0.491 e. The van der Waals surface area contributed by atoms with E-state index in [1.54, 1.807) is 44.2 Å². The van der Waals surface area contributed by atoms with Crippen molar-refractivity contribution in [2.75, 3.05) is 26.9 Å². The van der Waals surface area contributed by atoms with Gasteiger partial charge in [-0.3, -0.25) is 0 Å². The van der Waals surface area contributed by atoms with Crippen LogP contribution in [0, 0.1) is 0 Å². The average Bonchev–Trinajstić information content (AvgIpc) is 2.57. The van der Waals surface area contributed by atoms with Crippen LogP contribution in [0.25, 0.3) is 0 Å². The molecule has 6 nitrogen and oxygen atoms in total. The van der Waals surface area contributed by atoms with E-state index in [1.165, 1.54) is 7.11 Å². The Kier molecular flexibility index (Phi) is 8.32. The lowest BCUT2D eigenvalue weighted by atomic mass is 10.0. The number of rotatable bonds is 9. The first kappa shape index (κ1) is 19.2. The third kappa shape index (κ3) is 6.02. The molecule has 0 heterocycles. The predicted molar refractivity (Wildman–Crippen MR) is 85.2 cm³/mol. The molecule has 128 valence electrons. The van der Waals surface area contributed by atoms with Crippen molar-refractivity contribution in [1.29, 1.82) is 0 Å². The summed E-state index contributed by atoms with van der Waals surface area (Å²) < 4.78 is 15.4. The van der Waals surface area contributed by atoms with Gasteiger partial charge < -0.3 is 24.4 Å². The van der Waals surface area contributed by atoms with Crippen LogP contribution in [-0.2, 0) is 14.3 Å². The summed E-state index contributed by atoms with van der Waals surface area (Å²) >= 11 is 0. The zero-order chi connectivity index (χ0) is 17.2. The van der Waals surface area contributed by atoms with E-state index < -0.39 is 18.2 Å². The highest BCUT2D eigenvalue weighted by Gasteiger charge is 2.20. The number of benzene rings is 1. The Morgan fingerprint density at radius 1 is 1.30 bits per heavy atom. The van der Waals surface area contributed by atoms with Crippen molar-refractivity contribution in [3.8, 4) is 5.75 Å². The fraction of sp³-hybridized carbons (Fsp3) is 0.471. The lowest BCUT2D eigenvalue weighted by Crippen LogP contribution is -2.20. The molecule has 0 aliphatic heterocycles. The number of methoxy groups -OCH3 is 1. The summed E-state index contributed by atoms with van der Waals surface area (Å²) in [5.74, 6) is 0.164. The highest BCUT2D eigenvalue weighted by atomic mass is 16.5. The summed E-state index contributed by atoms with van der Waals surface area (Å²) in [6, 6.07) is 6.81. The molecule has 0 saturated heterocycles. The highest BCUT2D eigenvalue weighted by Crippen LogP contribution is 2.23. The van der Waals surface area contributed by atoms with Gasteiger partial charge in [-0.1, -0.05) is 12.1 Å². The predicted octanol–water partition coefficient (Wildman–Crippen LogP) is 1.62. The van der Waals surface area contributed by atoms with Gasteiger partial charge in [-0.05, 0) is 37.6 Å². The van der Waals surface area contributed by atoms with Crippen LogP contribution in [0.15, 0.2) is 35.9 Å². The van der Waals surface area contributed by atoms with Gasteiger partial charge in [0.1, 0.15) is 24.6 Å². The van der Waals surface area contributed by atoms with Crippen LogP contribution in [0.5, 0.6) is 5.75 Å². The van der Waals surface area contributed by atoms with E-state index in [0.29, 0.717) is 23.5 Å². The highest BCUT2D eigenvalue weighted by molar-refractivity contribution is 5.87. The van der Waals surface area contributed by atoms with E-state index >= 15 is 0 Å². The van der Waals surface area contributed by atoms with Crippen LogP contribution in [0.2, 0.25) is 0 Å². The molecule has 1 aromatic carbocycles. The quantitative estimate of drug-likeness (QED) is 0.530. The summed E-state index contributed by atoms with van der Waals surface area (Å²) in [5.41, 5.74) is 1.00. The van der Waals surface area contributed by atoms with Crippen molar-refractivity contribution in [2.45, 2.75) is 26.1 Å². The molecule has 0 aliphatic rings. The topological polar surface area (TPSA) is 85.2 Å². The maximum atomic E-state index is 11.6. The second-order valence-electron chi connectivity index (χ2n) is 4.86. The molecule has 0 aromatic heterocycles. The first-order valence-electron chi connectivity index (χ1n) is 7.43. The summed E-state index contributed by atoms with van der Waals surface area (Å²) in [7, 11) is 1.46. The molecule has 0 aliphatic carbocycles. The third-order valence-electron chi connectivity index (χ3n) is 3.18. The van der Waals surface area contributed by atoms with Crippen molar-refractivity contribution in [3.63, 3.8) is 0 Å². The smallest absolute Gasteiger partial charge is 0.333 e. The number of hydrogen-bond donors (Lipinski definition) is 2. The van der Waals surface area contributed by atoms with Crippen LogP contribution in [0.3, 0.4) is 0 Å². The molecule has 6 heteroatoms. The molecule has 0 fully saturated rings. The molecule has 2 N–H and O–H groups in total. The SMILES string of the molecule is CCOC(=O)/C(C)=C/[C@H](OC)[C@@H](O)c1ccc(OCCO)cc1. The van der Waals surface area contributed by atoms with Crippen molar-refractivity contribution in [1.82, 2.24) is 0 Å². The Balaban J connectivity index is 2.81. The molecule has 0 amide bonds. The Bertz CT molecular complexity index is 508. The molecule has 23 heavy (non-hydrogen) atoms. The zero-order valence-electron chi connectivity index (χ0n) is 13.7. The number of aliphatic hydroxyl groups is 2. The molecular formula is C17H24O6. The van der Waals surface area contributed by atoms with Gasteiger partial charge in [-0.15, -0.1) is 0 Å². The van der Waals surface area contributed by atoms with Gasteiger partial charge >= 0.3 is 5.97 Å². The van der Waals surface area contributed by atoms with Gasteiger partial charge in [0, 0.05) is 12.7 Å². The van der Waals surface area contributed by atoms with Crippen LogP contribution in [-0.4, -0.2) is 49.2 Å². The van der Waals surface area contributed by atoms with E-state index in [1.807, 2.05) is 0 Å². The summed E-state index contributed by atoms with van der Waals surface area (Å²) in [6.45, 7) is 3.79. The lowest BCUT2D eigenvalue weighted by Gasteiger charge is -2.20. The van der Waals surface area contributed by atoms with Gasteiger partial charge in [0.2, 0.25) is 0 Å². The van der Waals surface area contributed by atoms with Gasteiger partial charge in [-0.2, -0.15) is 0 Å². The summed E-state index contributed by atoms with van der Waals surface area (Å²) in [4.78, 5) is 11.6. The van der Waals surface area contributed by atoms with Gasteiger partial charge in [-0.25, -0.2) is 4.79 Å². The van der Waals surface area contributed by atoms with Crippen molar-refractivity contribution in [2.24, 2.45) is 0 Å². The summed E-state index contributed by atoms with van der Waals surface area (Å²) in [5, 5.41) is 19.1. The molecule has 0 spiro atoms. The van der Waals surface area contributed by atoms with E-state index in [2.05, 4.69) is 0 Å². The largest absolute Gasteiger partial charge is 0.491 e. The fourth-order valence-electron chi connectivity index (χ4n) is 1.96. The Morgan fingerprint density at radius 2 is 1.96 bits per heavy atom. The Hall–Kier alpha value is -1.89.